The van der Waals surface area contributed by atoms with Crippen molar-refractivity contribution in [3.63, 3.8) is 0 Å². The second-order valence-corrected chi connectivity index (χ2v) is 5.62. The van der Waals surface area contributed by atoms with E-state index in [-0.39, 0.29) is 5.91 Å². The number of hydrogen-bond acceptors (Lipinski definition) is 5. The smallest absolute Gasteiger partial charge is 0.238 e. The van der Waals surface area contributed by atoms with Crippen molar-refractivity contribution in [2.24, 2.45) is 0 Å². The van der Waals surface area contributed by atoms with Crippen LogP contribution in [0.4, 0.5) is 5.69 Å². The Balaban J connectivity index is 1.47. The van der Waals surface area contributed by atoms with Gasteiger partial charge in [-0.25, -0.2) is 0 Å². The first-order valence-electron chi connectivity index (χ1n) is 7.49. The third kappa shape index (κ3) is 3.45. The van der Waals surface area contributed by atoms with E-state index in [1.54, 1.807) is 24.3 Å². The minimum Gasteiger partial charge on any atom is -0.347 e. The number of benzene rings is 1. The van der Waals surface area contributed by atoms with Crippen LogP contribution >= 0.6 is 0 Å². The molecule has 1 amide bonds. The number of nitrogens with zero attached hydrogens (tertiary/aromatic N) is 2. The van der Waals surface area contributed by atoms with Crippen molar-refractivity contribution >= 4 is 11.6 Å². The summed E-state index contributed by atoms with van der Waals surface area (Å²) >= 11 is 0. The highest BCUT2D eigenvalue weighted by Crippen LogP contribution is 2.31. The molecule has 3 rings (SSSR count). The maximum atomic E-state index is 12.1. The summed E-state index contributed by atoms with van der Waals surface area (Å²) in [5, 5.41) is 11.6. The maximum Gasteiger partial charge on any atom is 0.238 e. The number of carbonyl (C=O) groups is 1. The normalized spacial score (nSPS) is 20.7. The van der Waals surface area contributed by atoms with E-state index in [1.807, 2.05) is 0 Å². The predicted octanol–water partition coefficient (Wildman–Crippen LogP) is 1.34. The molecule has 2 aliphatic heterocycles. The van der Waals surface area contributed by atoms with E-state index in [9.17, 15) is 4.79 Å². The first kappa shape index (κ1) is 15.0. The number of anilines is 1. The SMILES string of the molecule is N#Cc1ccc(NC(=O)CN2CCC3(CC2)OCCO3)cc1. The average Bonchev–Trinajstić information content (AvgIpc) is 2.99. The number of hydrogen-bond donors (Lipinski definition) is 1. The molecule has 116 valence electrons. The molecular weight excluding hydrogens is 282 g/mol. The Morgan fingerprint density at radius 1 is 1.23 bits per heavy atom. The van der Waals surface area contributed by atoms with Gasteiger partial charge in [-0.05, 0) is 24.3 Å². The fourth-order valence-electron chi connectivity index (χ4n) is 2.87. The Hall–Kier alpha value is -1.94. The van der Waals surface area contributed by atoms with Crippen LogP contribution in [0, 0.1) is 11.3 Å². The van der Waals surface area contributed by atoms with E-state index in [4.69, 9.17) is 14.7 Å². The van der Waals surface area contributed by atoms with Crippen molar-refractivity contribution in [1.82, 2.24) is 4.90 Å². The summed E-state index contributed by atoms with van der Waals surface area (Å²) in [7, 11) is 0. The largest absolute Gasteiger partial charge is 0.347 e. The highest BCUT2D eigenvalue weighted by molar-refractivity contribution is 5.92. The van der Waals surface area contributed by atoms with Gasteiger partial charge in [-0.2, -0.15) is 5.26 Å². The van der Waals surface area contributed by atoms with Gasteiger partial charge < -0.3 is 14.8 Å². The molecule has 1 aromatic rings. The standard InChI is InChI=1S/C16H19N3O3/c17-11-13-1-3-14(4-2-13)18-15(20)12-19-7-5-16(6-8-19)21-9-10-22-16/h1-4H,5-10,12H2,(H,18,20). The van der Waals surface area contributed by atoms with Crippen LogP contribution in [0.1, 0.15) is 18.4 Å². The van der Waals surface area contributed by atoms with E-state index in [2.05, 4.69) is 16.3 Å². The zero-order chi connectivity index (χ0) is 15.4. The van der Waals surface area contributed by atoms with E-state index in [0.29, 0.717) is 31.0 Å². The number of ether oxygens (including phenoxy) is 2. The van der Waals surface area contributed by atoms with Crippen molar-refractivity contribution in [3.8, 4) is 6.07 Å². The third-order valence-corrected chi connectivity index (χ3v) is 4.10. The van der Waals surface area contributed by atoms with Gasteiger partial charge in [0.1, 0.15) is 0 Å². The quantitative estimate of drug-likeness (QED) is 0.912. The van der Waals surface area contributed by atoms with Gasteiger partial charge in [0.25, 0.3) is 0 Å². The van der Waals surface area contributed by atoms with Gasteiger partial charge in [-0.15, -0.1) is 0 Å². The number of rotatable bonds is 3. The molecule has 0 unspecified atom stereocenters. The summed E-state index contributed by atoms with van der Waals surface area (Å²) in [6, 6.07) is 8.91. The number of amides is 1. The van der Waals surface area contributed by atoms with Crippen LogP contribution < -0.4 is 5.32 Å². The van der Waals surface area contributed by atoms with Crippen LogP contribution in [0.5, 0.6) is 0 Å². The van der Waals surface area contributed by atoms with Gasteiger partial charge in [-0.1, -0.05) is 0 Å². The molecule has 0 bridgehead atoms. The lowest BCUT2D eigenvalue weighted by Crippen LogP contribution is -2.47. The molecule has 1 spiro atoms. The van der Waals surface area contributed by atoms with Crippen molar-refractivity contribution in [3.05, 3.63) is 29.8 Å². The van der Waals surface area contributed by atoms with Crippen LogP contribution in [-0.2, 0) is 14.3 Å². The highest BCUT2D eigenvalue weighted by atomic mass is 16.7. The summed E-state index contributed by atoms with van der Waals surface area (Å²) in [6.45, 7) is 3.27. The number of likely N-dealkylation sites (tertiary alicyclic amines) is 1. The van der Waals surface area contributed by atoms with Gasteiger partial charge in [0, 0.05) is 31.6 Å². The number of nitrogens with one attached hydrogen (secondary N) is 1. The molecule has 1 aromatic carbocycles. The van der Waals surface area contributed by atoms with Gasteiger partial charge in [0.15, 0.2) is 5.79 Å². The van der Waals surface area contributed by atoms with E-state index < -0.39 is 5.79 Å². The Morgan fingerprint density at radius 3 is 2.45 bits per heavy atom. The minimum absolute atomic E-state index is 0.0473. The molecule has 0 radical (unpaired) electrons. The fourth-order valence-corrected chi connectivity index (χ4v) is 2.87. The Bertz CT molecular complexity index is 563. The summed E-state index contributed by atoms with van der Waals surface area (Å²) < 4.78 is 11.4. The molecule has 2 heterocycles. The van der Waals surface area contributed by atoms with Crippen LogP contribution in [0.15, 0.2) is 24.3 Å². The topological polar surface area (TPSA) is 74.6 Å². The Labute approximate surface area is 129 Å². The fraction of sp³-hybridized carbons (Fsp3) is 0.500. The first-order valence-corrected chi connectivity index (χ1v) is 7.49. The lowest BCUT2D eigenvalue weighted by molar-refractivity contribution is -0.185. The number of carbonyl (C=O) groups excluding carboxylic acids is 1. The highest BCUT2D eigenvalue weighted by Gasteiger charge is 2.39. The van der Waals surface area contributed by atoms with Gasteiger partial charge in [-0.3, -0.25) is 9.69 Å². The molecule has 2 fully saturated rings. The minimum atomic E-state index is -0.403. The van der Waals surface area contributed by atoms with Gasteiger partial charge in [0.05, 0.1) is 31.4 Å². The second-order valence-electron chi connectivity index (χ2n) is 5.62. The molecule has 6 heteroatoms. The third-order valence-electron chi connectivity index (χ3n) is 4.10. The Morgan fingerprint density at radius 2 is 1.86 bits per heavy atom. The first-order chi connectivity index (χ1) is 10.7. The molecule has 0 atom stereocenters. The van der Waals surface area contributed by atoms with Crippen molar-refractivity contribution in [2.75, 3.05) is 38.2 Å². The second kappa shape index (κ2) is 6.44. The summed E-state index contributed by atoms with van der Waals surface area (Å²) in [4.78, 5) is 14.2. The maximum absolute atomic E-state index is 12.1. The lowest BCUT2D eigenvalue weighted by atomic mass is 10.0. The monoisotopic (exact) mass is 301 g/mol. The van der Waals surface area contributed by atoms with Crippen LogP contribution in [0.3, 0.4) is 0 Å². The number of piperidine rings is 1. The molecule has 2 saturated heterocycles. The van der Waals surface area contributed by atoms with Crippen LogP contribution in [0.2, 0.25) is 0 Å². The van der Waals surface area contributed by atoms with Gasteiger partial charge in [0.2, 0.25) is 5.91 Å². The molecular formula is C16H19N3O3. The lowest BCUT2D eigenvalue weighted by Gasteiger charge is -2.37. The van der Waals surface area contributed by atoms with Crippen molar-refractivity contribution < 1.29 is 14.3 Å². The molecule has 2 aliphatic rings. The summed E-state index contributed by atoms with van der Waals surface area (Å²) in [6.07, 6.45) is 1.61. The van der Waals surface area contributed by atoms with Crippen molar-refractivity contribution in [2.45, 2.75) is 18.6 Å². The molecule has 22 heavy (non-hydrogen) atoms. The van der Waals surface area contributed by atoms with E-state index >= 15 is 0 Å². The van der Waals surface area contributed by atoms with Crippen LogP contribution in [0.25, 0.3) is 0 Å². The average molecular weight is 301 g/mol. The molecule has 0 saturated carbocycles. The van der Waals surface area contributed by atoms with Crippen molar-refractivity contribution in [1.29, 1.82) is 5.26 Å². The number of nitriles is 1. The predicted molar refractivity (Wildman–Crippen MR) is 80.1 cm³/mol. The van der Waals surface area contributed by atoms with Crippen LogP contribution in [-0.4, -0.2) is 49.4 Å². The summed E-state index contributed by atoms with van der Waals surface area (Å²) in [5.74, 6) is -0.450. The van der Waals surface area contributed by atoms with Gasteiger partial charge >= 0.3 is 0 Å². The van der Waals surface area contributed by atoms with E-state index in [0.717, 1.165) is 25.9 Å². The zero-order valence-electron chi connectivity index (χ0n) is 12.4. The zero-order valence-corrected chi connectivity index (χ0v) is 12.4. The Kier molecular flexibility index (Phi) is 4.39. The molecule has 0 aromatic heterocycles. The summed E-state index contributed by atoms with van der Waals surface area (Å²) in [5.41, 5.74) is 1.29. The van der Waals surface area contributed by atoms with E-state index in [1.165, 1.54) is 0 Å². The molecule has 0 aliphatic carbocycles. The molecule has 1 N–H and O–H groups in total. The molecule has 6 nitrogen and oxygen atoms in total.